The molecule has 36 heavy (non-hydrogen) atoms. The van der Waals surface area contributed by atoms with Crippen LogP contribution in [0.1, 0.15) is 37.9 Å². The van der Waals surface area contributed by atoms with Crippen molar-refractivity contribution in [1.29, 1.82) is 0 Å². The molecule has 1 aromatic heterocycles. The number of nitrogens with zero attached hydrogens (tertiary/aromatic N) is 3. The summed E-state index contributed by atoms with van der Waals surface area (Å²) in [4.78, 5) is 33.8. The molecule has 0 fully saturated rings. The zero-order valence-corrected chi connectivity index (χ0v) is 21.8. The van der Waals surface area contributed by atoms with Crippen LogP contribution in [0.3, 0.4) is 0 Å². The van der Waals surface area contributed by atoms with E-state index in [4.69, 9.17) is 9.47 Å². The van der Waals surface area contributed by atoms with Crippen molar-refractivity contribution in [2.45, 2.75) is 26.8 Å². The minimum atomic E-state index is -0.669. The van der Waals surface area contributed by atoms with E-state index in [1.165, 1.54) is 17.4 Å². The van der Waals surface area contributed by atoms with Gasteiger partial charge in [-0.15, -0.1) is 0 Å². The molecule has 1 aliphatic heterocycles. The molecule has 0 radical (unpaired) electrons. The summed E-state index contributed by atoms with van der Waals surface area (Å²) in [7, 11) is 3.90. The summed E-state index contributed by atoms with van der Waals surface area (Å²) in [5, 5.41) is 10.0. The number of aromatic hydroxyl groups is 1. The normalized spacial score (nSPS) is 15.4. The summed E-state index contributed by atoms with van der Waals surface area (Å²) < 4.78 is 12.8. The number of anilines is 1. The Labute approximate surface area is 213 Å². The van der Waals surface area contributed by atoms with Crippen molar-refractivity contribution in [3.05, 3.63) is 84.5 Å². The lowest BCUT2D eigenvalue weighted by atomic mass is 9.95. The first-order chi connectivity index (χ1) is 17.2. The maximum atomic E-state index is 13.7. The molecule has 3 aromatic rings. The van der Waals surface area contributed by atoms with E-state index in [2.05, 4.69) is 4.99 Å². The number of carbonyl (C=O) groups excluding carboxylic acids is 1. The quantitative estimate of drug-likeness (QED) is 0.495. The molecule has 0 saturated carbocycles. The van der Waals surface area contributed by atoms with Gasteiger partial charge in [0.15, 0.2) is 16.3 Å². The van der Waals surface area contributed by atoms with E-state index < -0.39 is 12.0 Å². The van der Waals surface area contributed by atoms with Crippen LogP contribution in [0, 0.1) is 0 Å². The van der Waals surface area contributed by atoms with Crippen LogP contribution >= 0.6 is 11.3 Å². The Morgan fingerprint density at radius 1 is 1.17 bits per heavy atom. The fraction of sp³-hybridized carbons (Fsp3) is 0.296. The number of phenols is 1. The Balaban J connectivity index is 1.90. The molecule has 0 aliphatic carbocycles. The minimum Gasteiger partial charge on any atom is -0.504 e. The molecule has 2 aromatic carbocycles. The summed E-state index contributed by atoms with van der Waals surface area (Å²) in [6.07, 6.45) is 1.74. The van der Waals surface area contributed by atoms with Crippen LogP contribution in [0.2, 0.25) is 0 Å². The predicted molar refractivity (Wildman–Crippen MR) is 140 cm³/mol. The molecule has 0 saturated heterocycles. The molecule has 0 unspecified atom stereocenters. The van der Waals surface area contributed by atoms with Crippen molar-refractivity contribution in [2.24, 2.45) is 4.99 Å². The molecule has 1 N–H and O–H groups in total. The monoisotopic (exact) mass is 507 g/mol. The molecule has 0 spiro atoms. The number of carbonyl (C=O) groups is 1. The number of ether oxygens (including phenoxy) is 2. The van der Waals surface area contributed by atoms with Crippen LogP contribution in [0.15, 0.2) is 63.5 Å². The van der Waals surface area contributed by atoms with Gasteiger partial charge in [0.2, 0.25) is 0 Å². The lowest BCUT2D eigenvalue weighted by molar-refractivity contribution is -0.139. The van der Waals surface area contributed by atoms with Gasteiger partial charge in [0.25, 0.3) is 5.56 Å². The minimum absolute atomic E-state index is 0.0336. The number of thiazole rings is 1. The van der Waals surface area contributed by atoms with Crippen molar-refractivity contribution >= 4 is 29.1 Å². The first-order valence-electron chi connectivity index (χ1n) is 11.7. The molecule has 1 atom stereocenters. The van der Waals surface area contributed by atoms with Crippen LogP contribution in [0.5, 0.6) is 11.5 Å². The van der Waals surface area contributed by atoms with E-state index >= 15 is 0 Å². The Hall–Kier alpha value is -3.85. The van der Waals surface area contributed by atoms with Crippen molar-refractivity contribution < 1.29 is 19.4 Å². The Morgan fingerprint density at radius 2 is 1.89 bits per heavy atom. The lowest BCUT2D eigenvalue weighted by Gasteiger charge is -2.25. The maximum absolute atomic E-state index is 13.7. The third kappa shape index (κ3) is 4.79. The first-order valence-corrected chi connectivity index (χ1v) is 12.5. The summed E-state index contributed by atoms with van der Waals surface area (Å²) in [5.74, 6) is -0.112. The number of benzene rings is 2. The molecule has 0 amide bonds. The number of allylic oxidation sites excluding steroid dienone is 1. The van der Waals surface area contributed by atoms with E-state index in [1.807, 2.05) is 50.2 Å². The third-order valence-corrected chi connectivity index (χ3v) is 6.81. The van der Waals surface area contributed by atoms with Crippen LogP contribution in [0.25, 0.3) is 6.08 Å². The average molecular weight is 508 g/mol. The Morgan fingerprint density at radius 3 is 2.53 bits per heavy atom. The molecular formula is C27H29N3O5S. The van der Waals surface area contributed by atoms with Crippen molar-refractivity contribution in [3.63, 3.8) is 0 Å². The summed E-state index contributed by atoms with van der Waals surface area (Å²) in [6, 6.07) is 12.0. The molecule has 1 aliphatic rings. The van der Waals surface area contributed by atoms with Crippen LogP contribution < -0.4 is 24.5 Å². The van der Waals surface area contributed by atoms with Crippen molar-refractivity contribution in [3.8, 4) is 11.5 Å². The molecule has 2 heterocycles. The third-order valence-electron chi connectivity index (χ3n) is 5.82. The molecule has 0 bridgehead atoms. The number of rotatable bonds is 7. The van der Waals surface area contributed by atoms with Crippen molar-refractivity contribution in [1.82, 2.24) is 4.57 Å². The smallest absolute Gasteiger partial charge is 0.338 e. The van der Waals surface area contributed by atoms with Gasteiger partial charge < -0.3 is 19.5 Å². The highest BCUT2D eigenvalue weighted by Crippen LogP contribution is 2.32. The van der Waals surface area contributed by atoms with Gasteiger partial charge in [-0.05, 0) is 62.2 Å². The molecule has 8 nitrogen and oxygen atoms in total. The van der Waals surface area contributed by atoms with Gasteiger partial charge in [0, 0.05) is 19.8 Å². The summed E-state index contributed by atoms with van der Waals surface area (Å²) >= 11 is 1.25. The molecule has 188 valence electrons. The highest BCUT2D eigenvalue weighted by atomic mass is 32.1. The van der Waals surface area contributed by atoms with Gasteiger partial charge in [0.1, 0.15) is 0 Å². The highest BCUT2D eigenvalue weighted by molar-refractivity contribution is 7.07. The van der Waals surface area contributed by atoms with E-state index in [0.29, 0.717) is 38.5 Å². The standard InChI is InChI=1S/C27H29N3O5S/c1-6-34-21-14-17(8-13-20(21)31)15-22-25(32)30-24(18-9-11-19(12-10-18)29(4)5)23(26(33)35-7-2)16(3)28-27(30)36-22/h8-15,24,31H,6-7H2,1-5H3/b22-15+/t24-/m1/s1. The van der Waals surface area contributed by atoms with Crippen LogP contribution in [-0.4, -0.2) is 43.0 Å². The summed E-state index contributed by atoms with van der Waals surface area (Å²) in [6.45, 7) is 5.96. The van der Waals surface area contributed by atoms with Gasteiger partial charge >= 0.3 is 5.97 Å². The van der Waals surface area contributed by atoms with E-state index in [9.17, 15) is 14.7 Å². The second-order valence-corrected chi connectivity index (χ2v) is 9.46. The maximum Gasteiger partial charge on any atom is 0.338 e. The average Bonchev–Trinajstić information content (AvgIpc) is 3.15. The number of fused-ring (bicyclic) bond motifs is 1. The number of esters is 1. The number of aromatic nitrogens is 1. The van der Waals surface area contributed by atoms with Gasteiger partial charge in [-0.1, -0.05) is 29.5 Å². The Bertz CT molecular complexity index is 1500. The van der Waals surface area contributed by atoms with E-state index in [1.54, 1.807) is 36.6 Å². The molecule has 4 rings (SSSR count). The number of hydrogen-bond acceptors (Lipinski definition) is 8. The van der Waals surface area contributed by atoms with Crippen LogP contribution in [0.4, 0.5) is 5.69 Å². The number of phenolic OH excluding ortho intramolecular Hbond substituents is 1. The summed E-state index contributed by atoms with van der Waals surface area (Å²) in [5.41, 5.74) is 3.09. The zero-order valence-electron chi connectivity index (χ0n) is 20.9. The second kappa shape index (κ2) is 10.4. The van der Waals surface area contributed by atoms with Gasteiger partial charge in [0.05, 0.1) is 35.1 Å². The molecular weight excluding hydrogens is 478 g/mol. The van der Waals surface area contributed by atoms with Crippen molar-refractivity contribution in [2.75, 3.05) is 32.2 Å². The lowest BCUT2D eigenvalue weighted by Crippen LogP contribution is -2.39. The number of hydrogen-bond donors (Lipinski definition) is 1. The predicted octanol–water partition coefficient (Wildman–Crippen LogP) is 2.97. The second-order valence-electron chi connectivity index (χ2n) is 8.45. The SMILES string of the molecule is CCOC(=O)C1=C(C)N=c2s/c(=C/c3ccc(O)c(OCC)c3)c(=O)n2[C@@H]1c1ccc(N(C)C)cc1. The Kier molecular flexibility index (Phi) is 7.30. The topological polar surface area (TPSA) is 93.4 Å². The first kappa shape index (κ1) is 25.2. The fourth-order valence-electron chi connectivity index (χ4n) is 4.10. The van der Waals surface area contributed by atoms with Crippen LogP contribution in [-0.2, 0) is 9.53 Å². The highest BCUT2D eigenvalue weighted by Gasteiger charge is 2.33. The fourth-order valence-corrected chi connectivity index (χ4v) is 5.15. The van der Waals surface area contributed by atoms with Gasteiger partial charge in [-0.2, -0.15) is 0 Å². The largest absolute Gasteiger partial charge is 0.504 e. The zero-order chi connectivity index (χ0) is 26.0. The van der Waals surface area contributed by atoms with Gasteiger partial charge in [-0.25, -0.2) is 9.79 Å². The van der Waals surface area contributed by atoms with E-state index in [0.717, 1.165) is 11.3 Å². The van der Waals surface area contributed by atoms with Gasteiger partial charge in [-0.3, -0.25) is 9.36 Å². The van der Waals surface area contributed by atoms with E-state index in [-0.39, 0.29) is 17.9 Å². The molecule has 9 heteroatoms.